The van der Waals surface area contributed by atoms with Crippen LogP contribution in [0.15, 0.2) is 54.6 Å². The van der Waals surface area contributed by atoms with Gasteiger partial charge in [0.2, 0.25) is 5.91 Å². The Hall–Kier alpha value is -1.92. The van der Waals surface area contributed by atoms with Crippen molar-refractivity contribution in [2.75, 3.05) is 16.8 Å². The van der Waals surface area contributed by atoms with Gasteiger partial charge in [0.1, 0.15) is 0 Å². The molecule has 5 rings (SSSR count). The summed E-state index contributed by atoms with van der Waals surface area (Å²) >= 11 is 4.33. The minimum Gasteiger partial charge on any atom is -0.345 e. The van der Waals surface area contributed by atoms with Gasteiger partial charge in [0.05, 0.1) is 21.4 Å². The van der Waals surface area contributed by atoms with Crippen LogP contribution in [-0.2, 0) is 4.79 Å². The van der Waals surface area contributed by atoms with Gasteiger partial charge in [0, 0.05) is 17.4 Å². The zero-order chi connectivity index (χ0) is 22.8. The number of amides is 2. The maximum absolute atomic E-state index is 13.4. The molecule has 1 heterocycles. The van der Waals surface area contributed by atoms with Crippen LogP contribution in [0.1, 0.15) is 61.0 Å². The Bertz CT molecular complexity index is 990. The minimum absolute atomic E-state index is 0.0343. The number of carbonyl (C=O) groups is 2. The van der Waals surface area contributed by atoms with Crippen molar-refractivity contribution in [2.24, 2.45) is 17.8 Å². The first kappa shape index (κ1) is 22.9. The predicted octanol–water partition coefficient (Wildman–Crippen LogP) is 6.12. The van der Waals surface area contributed by atoms with E-state index in [1.54, 1.807) is 6.07 Å². The van der Waals surface area contributed by atoms with E-state index in [0.29, 0.717) is 27.2 Å². The van der Waals surface area contributed by atoms with Crippen molar-refractivity contribution >= 4 is 41.0 Å². The van der Waals surface area contributed by atoms with Gasteiger partial charge < -0.3 is 10.6 Å². The summed E-state index contributed by atoms with van der Waals surface area (Å²) < 4.78 is 0.362. The summed E-state index contributed by atoms with van der Waals surface area (Å²) in [4.78, 5) is 26.4. The topological polar surface area (TPSA) is 58.2 Å². The van der Waals surface area contributed by atoms with Gasteiger partial charge in [0.25, 0.3) is 5.91 Å². The third-order valence-electron chi connectivity index (χ3n) is 7.57. The van der Waals surface area contributed by atoms with Crippen molar-refractivity contribution in [1.29, 1.82) is 0 Å². The van der Waals surface area contributed by atoms with E-state index in [2.05, 4.69) is 34.2 Å². The molecule has 1 saturated heterocycles. The van der Waals surface area contributed by atoms with Crippen molar-refractivity contribution in [1.82, 2.24) is 5.32 Å². The summed E-state index contributed by atoms with van der Waals surface area (Å²) in [5.41, 5.74) is 2.18. The van der Waals surface area contributed by atoms with Crippen LogP contribution in [-0.4, -0.2) is 27.4 Å². The van der Waals surface area contributed by atoms with Gasteiger partial charge in [-0.3, -0.25) is 9.59 Å². The molecule has 33 heavy (non-hydrogen) atoms. The maximum atomic E-state index is 13.4. The molecule has 3 fully saturated rings. The van der Waals surface area contributed by atoms with E-state index >= 15 is 0 Å². The van der Waals surface area contributed by atoms with Gasteiger partial charge in [-0.25, -0.2) is 0 Å². The van der Waals surface area contributed by atoms with E-state index in [1.807, 2.05) is 55.5 Å². The molecule has 3 unspecified atom stereocenters. The Morgan fingerprint density at radius 2 is 1.58 bits per heavy atom. The summed E-state index contributed by atoms with van der Waals surface area (Å²) in [5, 5.41) is 6.20. The van der Waals surface area contributed by atoms with E-state index < -0.39 is 0 Å². The molecule has 2 bridgehead atoms. The molecule has 6 heteroatoms. The number of hydrogen-bond donors (Lipinski definition) is 2. The lowest BCUT2D eigenvalue weighted by Crippen LogP contribution is -2.48. The molecule has 1 aliphatic heterocycles. The molecule has 174 valence electrons. The molecular weight excluding hydrogens is 448 g/mol. The molecule has 2 aliphatic carbocycles. The normalized spacial score (nSPS) is 26.5. The van der Waals surface area contributed by atoms with Crippen molar-refractivity contribution in [3.8, 4) is 0 Å². The standard InChI is InChI=1S/C27H32N2O2S2/c1-18(19-8-3-2-4-9-19)28-26(31)23-12-5-6-13-24(23)29-25(30)20-16-21-10-7-11-22(17-20)27(21)32-14-15-33-27/h2-6,8-9,12-13,18,20-22H,7,10-11,14-17H2,1H3,(H,28,31)(H,29,30). The average molecular weight is 481 g/mol. The van der Waals surface area contributed by atoms with Crippen LogP contribution in [0.2, 0.25) is 0 Å². The molecule has 0 radical (unpaired) electrons. The lowest BCUT2D eigenvalue weighted by molar-refractivity contribution is -0.122. The Morgan fingerprint density at radius 3 is 2.27 bits per heavy atom. The highest BCUT2D eigenvalue weighted by Gasteiger charge is 2.55. The van der Waals surface area contributed by atoms with Crippen molar-refractivity contribution in [3.63, 3.8) is 0 Å². The highest BCUT2D eigenvalue weighted by atomic mass is 32.2. The molecule has 2 amide bonds. The Kier molecular flexibility index (Phi) is 6.75. The number of nitrogens with one attached hydrogen (secondary N) is 2. The van der Waals surface area contributed by atoms with E-state index in [-0.39, 0.29) is 23.8 Å². The summed E-state index contributed by atoms with van der Waals surface area (Å²) in [7, 11) is 0. The quantitative estimate of drug-likeness (QED) is 0.541. The van der Waals surface area contributed by atoms with Gasteiger partial charge >= 0.3 is 0 Å². The van der Waals surface area contributed by atoms with Crippen molar-refractivity contribution in [2.45, 2.75) is 49.1 Å². The largest absolute Gasteiger partial charge is 0.345 e. The minimum atomic E-state index is -0.166. The lowest BCUT2D eigenvalue weighted by Gasteiger charge is -2.52. The first-order valence-corrected chi connectivity index (χ1v) is 14.1. The fraction of sp³-hybridized carbons (Fsp3) is 0.481. The number of carbonyl (C=O) groups excluding carboxylic acids is 2. The molecule has 2 aromatic carbocycles. The Balaban J connectivity index is 1.27. The van der Waals surface area contributed by atoms with Crippen LogP contribution < -0.4 is 10.6 Å². The number of anilines is 1. The molecule has 2 saturated carbocycles. The number of thioether (sulfide) groups is 2. The number of para-hydroxylation sites is 1. The third-order valence-corrected chi connectivity index (χ3v) is 11.6. The molecule has 1 spiro atoms. The Labute approximate surface area is 205 Å². The van der Waals surface area contributed by atoms with Crippen LogP contribution in [0.25, 0.3) is 0 Å². The van der Waals surface area contributed by atoms with Gasteiger partial charge in [0.15, 0.2) is 0 Å². The Morgan fingerprint density at radius 1 is 0.939 bits per heavy atom. The molecule has 3 atom stereocenters. The first-order valence-electron chi connectivity index (χ1n) is 12.1. The summed E-state index contributed by atoms with van der Waals surface area (Å²) in [6.07, 6.45) is 5.74. The second-order valence-electron chi connectivity index (χ2n) is 9.55. The number of rotatable bonds is 5. The predicted molar refractivity (Wildman–Crippen MR) is 139 cm³/mol. The van der Waals surface area contributed by atoms with Crippen LogP contribution in [0.3, 0.4) is 0 Å². The molecule has 2 N–H and O–H groups in total. The summed E-state index contributed by atoms with van der Waals surface area (Å²) in [6, 6.07) is 17.2. The highest BCUT2D eigenvalue weighted by molar-refractivity contribution is 8.21. The zero-order valence-electron chi connectivity index (χ0n) is 19.1. The smallest absolute Gasteiger partial charge is 0.253 e. The van der Waals surface area contributed by atoms with Gasteiger partial charge in [-0.05, 0) is 62.1 Å². The average Bonchev–Trinajstić information content (AvgIpc) is 3.29. The third kappa shape index (κ3) is 4.57. The maximum Gasteiger partial charge on any atom is 0.253 e. The van der Waals surface area contributed by atoms with Gasteiger partial charge in [-0.15, -0.1) is 23.5 Å². The van der Waals surface area contributed by atoms with Crippen molar-refractivity contribution in [3.05, 3.63) is 65.7 Å². The molecule has 3 aliphatic rings. The monoisotopic (exact) mass is 480 g/mol. The summed E-state index contributed by atoms with van der Waals surface area (Å²) in [6.45, 7) is 1.98. The van der Waals surface area contributed by atoms with Gasteiger partial charge in [-0.1, -0.05) is 48.9 Å². The number of benzene rings is 2. The lowest BCUT2D eigenvalue weighted by atomic mass is 9.67. The molecule has 4 nitrogen and oxygen atoms in total. The van der Waals surface area contributed by atoms with E-state index in [0.717, 1.165) is 18.4 Å². The van der Waals surface area contributed by atoms with Crippen LogP contribution >= 0.6 is 23.5 Å². The summed E-state index contributed by atoms with van der Waals surface area (Å²) in [5.74, 6) is 3.70. The fourth-order valence-corrected chi connectivity index (χ4v) is 9.88. The SMILES string of the molecule is CC(NC(=O)c1ccccc1NC(=O)C1CC2CCCC(C1)C21SCCS1)c1ccccc1. The van der Waals surface area contributed by atoms with E-state index in [1.165, 1.54) is 30.8 Å². The van der Waals surface area contributed by atoms with E-state index in [9.17, 15) is 9.59 Å². The van der Waals surface area contributed by atoms with Crippen LogP contribution in [0.4, 0.5) is 5.69 Å². The molecule has 0 aromatic heterocycles. The second kappa shape index (κ2) is 9.75. The van der Waals surface area contributed by atoms with E-state index in [4.69, 9.17) is 0 Å². The van der Waals surface area contributed by atoms with Crippen molar-refractivity contribution < 1.29 is 9.59 Å². The number of hydrogen-bond acceptors (Lipinski definition) is 4. The van der Waals surface area contributed by atoms with Gasteiger partial charge in [-0.2, -0.15) is 0 Å². The molecule has 2 aromatic rings. The second-order valence-corrected chi connectivity index (χ2v) is 12.6. The first-order chi connectivity index (χ1) is 16.1. The fourth-order valence-electron chi connectivity index (χ4n) is 5.95. The highest BCUT2D eigenvalue weighted by Crippen LogP contribution is 2.64. The molecular formula is C27H32N2O2S2. The van der Waals surface area contributed by atoms with Crippen LogP contribution in [0.5, 0.6) is 0 Å². The van der Waals surface area contributed by atoms with Crippen LogP contribution in [0, 0.1) is 17.8 Å². The zero-order valence-corrected chi connectivity index (χ0v) is 20.7.